The largest absolute Gasteiger partial charge is 0.353 e. The molecule has 9 heteroatoms. The normalized spacial score (nSPS) is 16.3. The third-order valence-electron chi connectivity index (χ3n) is 5.01. The quantitative estimate of drug-likeness (QED) is 0.637. The van der Waals surface area contributed by atoms with Gasteiger partial charge in [0.05, 0.1) is 11.4 Å². The van der Waals surface area contributed by atoms with E-state index in [-0.39, 0.29) is 17.2 Å². The number of nitrogens with one attached hydrogen (secondary N) is 1. The van der Waals surface area contributed by atoms with E-state index >= 15 is 0 Å². The first-order chi connectivity index (χ1) is 13.8. The minimum Gasteiger partial charge on any atom is -0.353 e. The monoisotopic (exact) mass is 436 g/mol. The lowest BCUT2D eigenvalue weighted by Crippen LogP contribution is -2.37. The standard InChI is InChI=1S/C20H28N4O3S2/c1-14(2)12-19-22-23-20(28-19)21-13-18(25)16-4-6-17(7-5-16)29(26,27)24-10-8-15(3)9-11-24/h4-7,14-15H,8-13H2,1-3H3,(H,21,23). The molecule has 0 unspecified atom stereocenters. The molecule has 0 spiro atoms. The van der Waals surface area contributed by atoms with Gasteiger partial charge in [-0.05, 0) is 48.9 Å². The summed E-state index contributed by atoms with van der Waals surface area (Å²) < 4.78 is 27.1. The lowest BCUT2D eigenvalue weighted by Gasteiger charge is -2.29. The average molecular weight is 437 g/mol. The maximum absolute atomic E-state index is 12.8. The Kier molecular flexibility index (Phi) is 7.02. The van der Waals surface area contributed by atoms with Crippen LogP contribution in [-0.2, 0) is 16.4 Å². The summed E-state index contributed by atoms with van der Waals surface area (Å²) in [5.74, 6) is 0.936. The van der Waals surface area contributed by atoms with Crippen LogP contribution in [0.3, 0.4) is 0 Å². The third kappa shape index (κ3) is 5.61. The van der Waals surface area contributed by atoms with Crippen molar-refractivity contribution >= 4 is 32.3 Å². The van der Waals surface area contributed by atoms with Crippen LogP contribution in [0, 0.1) is 11.8 Å². The van der Waals surface area contributed by atoms with Crippen molar-refractivity contribution in [2.75, 3.05) is 25.0 Å². The number of hydrogen-bond acceptors (Lipinski definition) is 7. The summed E-state index contributed by atoms with van der Waals surface area (Å²) in [5, 5.41) is 12.7. The van der Waals surface area contributed by atoms with Crippen molar-refractivity contribution in [2.24, 2.45) is 11.8 Å². The summed E-state index contributed by atoms with van der Waals surface area (Å²) in [6.07, 6.45) is 2.62. The van der Waals surface area contributed by atoms with E-state index in [2.05, 4.69) is 36.3 Å². The molecule has 1 fully saturated rings. The number of hydrogen-bond donors (Lipinski definition) is 1. The molecule has 1 N–H and O–H groups in total. The Bertz CT molecular complexity index is 931. The van der Waals surface area contributed by atoms with Crippen LogP contribution in [0.1, 0.15) is 49.0 Å². The first-order valence-corrected chi connectivity index (χ1v) is 12.2. The van der Waals surface area contributed by atoms with Gasteiger partial charge in [-0.3, -0.25) is 4.79 Å². The summed E-state index contributed by atoms with van der Waals surface area (Å²) in [6.45, 7) is 7.57. The van der Waals surface area contributed by atoms with Gasteiger partial charge in [0.15, 0.2) is 5.78 Å². The molecule has 0 amide bonds. The second kappa shape index (κ2) is 9.32. The van der Waals surface area contributed by atoms with E-state index in [0.29, 0.717) is 35.6 Å². The highest BCUT2D eigenvalue weighted by Crippen LogP contribution is 2.24. The molecule has 1 aliphatic heterocycles. The van der Waals surface area contributed by atoms with E-state index in [1.54, 1.807) is 12.1 Å². The Balaban J connectivity index is 1.59. The van der Waals surface area contributed by atoms with Crippen LogP contribution in [0.4, 0.5) is 5.13 Å². The average Bonchev–Trinajstić information content (AvgIpc) is 3.13. The molecule has 29 heavy (non-hydrogen) atoms. The lowest BCUT2D eigenvalue weighted by molar-refractivity contribution is 0.101. The van der Waals surface area contributed by atoms with Gasteiger partial charge in [-0.15, -0.1) is 10.2 Å². The summed E-state index contributed by atoms with van der Waals surface area (Å²) in [6, 6.07) is 6.19. The van der Waals surface area contributed by atoms with E-state index in [4.69, 9.17) is 0 Å². The number of nitrogens with zero attached hydrogens (tertiary/aromatic N) is 3. The van der Waals surface area contributed by atoms with Crippen LogP contribution in [0.2, 0.25) is 0 Å². The van der Waals surface area contributed by atoms with Gasteiger partial charge in [-0.2, -0.15) is 4.31 Å². The van der Waals surface area contributed by atoms with Crippen molar-refractivity contribution in [2.45, 2.75) is 44.9 Å². The predicted molar refractivity (Wildman–Crippen MR) is 115 cm³/mol. The highest BCUT2D eigenvalue weighted by Gasteiger charge is 2.28. The number of rotatable bonds is 8. The number of sulfonamides is 1. The molecule has 0 atom stereocenters. The highest BCUT2D eigenvalue weighted by atomic mass is 32.2. The predicted octanol–water partition coefficient (Wildman–Crippen LogP) is 3.45. The van der Waals surface area contributed by atoms with Crippen LogP contribution in [0.15, 0.2) is 29.2 Å². The number of anilines is 1. The molecule has 2 aromatic rings. The molecule has 1 aliphatic rings. The number of piperidine rings is 1. The molecule has 1 saturated heterocycles. The minimum atomic E-state index is -3.50. The van der Waals surface area contributed by atoms with Gasteiger partial charge in [0.25, 0.3) is 0 Å². The van der Waals surface area contributed by atoms with Crippen LogP contribution >= 0.6 is 11.3 Å². The number of carbonyl (C=O) groups excluding carboxylic acids is 1. The van der Waals surface area contributed by atoms with Gasteiger partial charge in [0.1, 0.15) is 5.01 Å². The first-order valence-electron chi connectivity index (χ1n) is 9.95. The molecule has 0 bridgehead atoms. The van der Waals surface area contributed by atoms with Gasteiger partial charge in [0.2, 0.25) is 15.2 Å². The summed E-state index contributed by atoms with van der Waals surface area (Å²) >= 11 is 1.45. The van der Waals surface area contributed by atoms with E-state index < -0.39 is 10.0 Å². The molecule has 2 heterocycles. The number of ketones is 1. The molecule has 1 aromatic carbocycles. The van der Waals surface area contributed by atoms with Gasteiger partial charge in [0, 0.05) is 25.1 Å². The number of aromatic nitrogens is 2. The zero-order chi connectivity index (χ0) is 21.0. The van der Waals surface area contributed by atoms with E-state index in [1.165, 1.54) is 27.8 Å². The summed E-state index contributed by atoms with van der Waals surface area (Å²) in [5.41, 5.74) is 0.468. The molecule has 0 saturated carbocycles. The molecule has 0 aliphatic carbocycles. The Hall–Kier alpha value is -1.84. The van der Waals surface area contributed by atoms with Gasteiger partial charge < -0.3 is 5.32 Å². The number of carbonyl (C=O) groups is 1. The van der Waals surface area contributed by atoms with E-state index in [9.17, 15) is 13.2 Å². The first kappa shape index (κ1) is 21.9. The topological polar surface area (TPSA) is 92.3 Å². The molecule has 0 radical (unpaired) electrons. The fourth-order valence-corrected chi connectivity index (χ4v) is 5.62. The molecule has 7 nitrogen and oxygen atoms in total. The Morgan fingerprint density at radius 2 is 1.86 bits per heavy atom. The number of benzene rings is 1. The van der Waals surface area contributed by atoms with Crippen molar-refractivity contribution in [3.63, 3.8) is 0 Å². The zero-order valence-electron chi connectivity index (χ0n) is 17.1. The van der Waals surface area contributed by atoms with Gasteiger partial charge >= 0.3 is 0 Å². The van der Waals surface area contributed by atoms with Crippen molar-refractivity contribution in [1.29, 1.82) is 0 Å². The highest BCUT2D eigenvalue weighted by molar-refractivity contribution is 7.89. The second-order valence-corrected chi connectivity index (χ2v) is 11.0. The third-order valence-corrected chi connectivity index (χ3v) is 7.82. The smallest absolute Gasteiger partial charge is 0.243 e. The minimum absolute atomic E-state index is 0.0897. The fraction of sp³-hybridized carbons (Fsp3) is 0.550. The Morgan fingerprint density at radius 3 is 2.48 bits per heavy atom. The molecular weight excluding hydrogens is 408 g/mol. The number of Topliss-reactive ketones (excluding diaryl/α,β-unsaturated/α-hetero) is 1. The zero-order valence-corrected chi connectivity index (χ0v) is 18.7. The second-order valence-electron chi connectivity index (χ2n) is 7.99. The van der Waals surface area contributed by atoms with E-state index in [1.807, 2.05) is 0 Å². The lowest BCUT2D eigenvalue weighted by atomic mass is 10.0. The van der Waals surface area contributed by atoms with Crippen LogP contribution < -0.4 is 5.32 Å². The summed E-state index contributed by atoms with van der Waals surface area (Å²) in [4.78, 5) is 12.7. The van der Waals surface area contributed by atoms with Crippen molar-refractivity contribution in [1.82, 2.24) is 14.5 Å². The fourth-order valence-electron chi connectivity index (χ4n) is 3.20. The van der Waals surface area contributed by atoms with Crippen molar-refractivity contribution in [3.05, 3.63) is 34.8 Å². The van der Waals surface area contributed by atoms with Crippen LogP contribution in [0.25, 0.3) is 0 Å². The van der Waals surface area contributed by atoms with Crippen LogP contribution in [-0.4, -0.2) is 48.3 Å². The van der Waals surface area contributed by atoms with Crippen LogP contribution in [0.5, 0.6) is 0 Å². The molecule has 158 valence electrons. The van der Waals surface area contributed by atoms with Gasteiger partial charge in [-0.1, -0.05) is 32.1 Å². The maximum atomic E-state index is 12.8. The molecule has 1 aromatic heterocycles. The molecule has 3 rings (SSSR count). The molecular formula is C20H28N4O3S2. The van der Waals surface area contributed by atoms with E-state index in [0.717, 1.165) is 24.3 Å². The Labute approximate surface area is 176 Å². The SMILES string of the molecule is CC(C)Cc1nnc(NCC(=O)c2ccc(S(=O)(=O)N3CCC(C)CC3)cc2)s1. The summed E-state index contributed by atoms with van der Waals surface area (Å²) in [7, 11) is -3.50. The maximum Gasteiger partial charge on any atom is 0.243 e. The Morgan fingerprint density at radius 1 is 1.21 bits per heavy atom. The van der Waals surface area contributed by atoms with Gasteiger partial charge in [-0.25, -0.2) is 8.42 Å². The van der Waals surface area contributed by atoms with Crippen molar-refractivity contribution < 1.29 is 13.2 Å². The van der Waals surface area contributed by atoms with Crippen molar-refractivity contribution in [3.8, 4) is 0 Å².